The molecule has 1 aromatic carbocycles. The maximum Gasteiger partial charge on any atom is 0.407 e. The van der Waals surface area contributed by atoms with Crippen LogP contribution in [-0.4, -0.2) is 43.9 Å². The number of ether oxygens (including phenoxy) is 1. The van der Waals surface area contributed by atoms with E-state index >= 15 is 8.78 Å². The van der Waals surface area contributed by atoms with Gasteiger partial charge in [-0.15, -0.1) is 0 Å². The van der Waals surface area contributed by atoms with E-state index in [4.69, 9.17) is 16.3 Å². The molecule has 1 atom stereocenters. The Labute approximate surface area is 213 Å². The first-order chi connectivity index (χ1) is 16.9. The quantitative estimate of drug-likeness (QED) is 0.256. The molecule has 2 N–H and O–H groups in total. The summed E-state index contributed by atoms with van der Waals surface area (Å²) < 4.78 is 37.1. The lowest BCUT2D eigenvalue weighted by Crippen LogP contribution is -2.32. The number of hydrogen-bond acceptors (Lipinski definition) is 6. The summed E-state index contributed by atoms with van der Waals surface area (Å²) in [5, 5.41) is 9.85. The largest absolute Gasteiger partial charge is 0.444 e. The van der Waals surface area contributed by atoms with E-state index in [1.54, 1.807) is 20.8 Å². The Bertz CT molecular complexity index is 1300. The summed E-state index contributed by atoms with van der Waals surface area (Å²) in [5.41, 5.74) is -0.772. The second kappa shape index (κ2) is 11.1. The van der Waals surface area contributed by atoms with Crippen LogP contribution < -0.4 is 10.6 Å². The van der Waals surface area contributed by atoms with E-state index in [2.05, 4.69) is 37.5 Å². The van der Waals surface area contributed by atoms with Crippen molar-refractivity contribution in [1.82, 2.24) is 24.9 Å². The molecule has 1 amide bonds. The van der Waals surface area contributed by atoms with Gasteiger partial charge in [-0.1, -0.05) is 37.3 Å². The van der Waals surface area contributed by atoms with E-state index in [0.717, 1.165) is 12.1 Å². The van der Waals surface area contributed by atoms with Crippen molar-refractivity contribution < 1.29 is 18.3 Å². The van der Waals surface area contributed by atoms with Gasteiger partial charge >= 0.3 is 6.09 Å². The van der Waals surface area contributed by atoms with Gasteiger partial charge in [-0.05, 0) is 45.7 Å². The lowest BCUT2D eigenvalue weighted by Gasteiger charge is -2.22. The number of benzene rings is 1. The number of carbonyl (C=O) groups is 1. The fraction of sp³-hybridized carbons (Fsp3) is 0.440. The summed E-state index contributed by atoms with van der Waals surface area (Å²) in [7, 11) is 0. The van der Waals surface area contributed by atoms with Crippen molar-refractivity contribution in [1.29, 1.82) is 0 Å². The number of aromatic nitrogens is 4. The molecule has 11 heteroatoms. The number of hydrogen-bond donors (Lipinski definition) is 2. The van der Waals surface area contributed by atoms with E-state index < -0.39 is 23.3 Å². The first-order valence-electron chi connectivity index (χ1n) is 11.5. The number of alkyl carbamates (subject to hydrolysis) is 1. The minimum absolute atomic E-state index is 0.0400. The molecular formula is C25H29ClF2N6O2. The van der Waals surface area contributed by atoms with Crippen molar-refractivity contribution in [3.8, 4) is 23.0 Å². The maximum absolute atomic E-state index is 15.3. The van der Waals surface area contributed by atoms with Crippen molar-refractivity contribution >= 4 is 29.3 Å². The molecule has 0 saturated heterocycles. The van der Waals surface area contributed by atoms with Crippen LogP contribution in [-0.2, 0) is 4.74 Å². The molecule has 2 heterocycles. The van der Waals surface area contributed by atoms with Crippen LogP contribution in [0.5, 0.6) is 0 Å². The Morgan fingerprint density at radius 2 is 1.86 bits per heavy atom. The number of fused-ring (bicyclic) bond motifs is 1. The van der Waals surface area contributed by atoms with E-state index in [1.807, 2.05) is 20.8 Å². The molecule has 0 spiro atoms. The van der Waals surface area contributed by atoms with Crippen LogP contribution in [0.15, 0.2) is 18.5 Å². The van der Waals surface area contributed by atoms with Crippen LogP contribution in [0.4, 0.5) is 19.4 Å². The summed E-state index contributed by atoms with van der Waals surface area (Å²) >= 11 is 6.39. The number of amides is 1. The smallest absolute Gasteiger partial charge is 0.407 e. The number of nitrogens with one attached hydrogen (secondary N) is 2. The van der Waals surface area contributed by atoms with E-state index in [-0.39, 0.29) is 58.4 Å². The molecule has 0 aliphatic rings. The fourth-order valence-electron chi connectivity index (χ4n) is 3.14. The summed E-state index contributed by atoms with van der Waals surface area (Å²) in [6, 6.07) is 2.19. The monoisotopic (exact) mass is 518 g/mol. The average Bonchev–Trinajstić information content (AvgIpc) is 3.21. The highest BCUT2D eigenvalue weighted by Crippen LogP contribution is 2.38. The Hall–Kier alpha value is -3.45. The molecule has 0 saturated carbocycles. The molecule has 3 rings (SSSR count). The zero-order valence-electron chi connectivity index (χ0n) is 21.0. The van der Waals surface area contributed by atoms with Crippen LogP contribution in [0.2, 0.25) is 5.15 Å². The highest BCUT2D eigenvalue weighted by atomic mass is 35.5. The van der Waals surface area contributed by atoms with Gasteiger partial charge in [0.1, 0.15) is 34.5 Å². The van der Waals surface area contributed by atoms with Crippen LogP contribution in [0, 0.1) is 29.4 Å². The molecule has 192 valence electrons. The summed E-state index contributed by atoms with van der Waals surface area (Å²) in [6.45, 7) is 11.5. The first kappa shape index (κ1) is 27.1. The topological polar surface area (TPSA) is 93.4 Å². The van der Waals surface area contributed by atoms with Crippen molar-refractivity contribution in [2.24, 2.45) is 5.92 Å². The SMILES string of the molecule is CC(C)C(C)Nc1c(-c2c(F)cc(C#CCCNC(=O)OC(C)(C)C)cc2F)c(Cl)nc2ncnn12. The van der Waals surface area contributed by atoms with Crippen molar-refractivity contribution in [3.63, 3.8) is 0 Å². The molecule has 0 aliphatic carbocycles. The second-order valence-corrected chi connectivity index (χ2v) is 9.93. The van der Waals surface area contributed by atoms with Crippen molar-refractivity contribution in [2.45, 2.75) is 59.6 Å². The summed E-state index contributed by atoms with van der Waals surface area (Å²) in [5.74, 6) is 4.49. The van der Waals surface area contributed by atoms with Crippen LogP contribution in [0.3, 0.4) is 0 Å². The predicted molar refractivity (Wildman–Crippen MR) is 135 cm³/mol. The molecular weight excluding hydrogens is 490 g/mol. The van der Waals surface area contributed by atoms with Gasteiger partial charge in [0.25, 0.3) is 5.78 Å². The highest BCUT2D eigenvalue weighted by Gasteiger charge is 2.25. The fourth-order valence-corrected chi connectivity index (χ4v) is 3.40. The zero-order valence-corrected chi connectivity index (χ0v) is 21.8. The standard InChI is InChI=1S/C25H29ClF2N6O2/c1-14(2)15(3)32-22-20(21(26)33-23-30-13-31-34(22)23)19-17(27)11-16(12-18(19)28)9-7-8-10-29-24(35)36-25(4,5)6/h11-15,32H,8,10H2,1-6H3,(H,29,35). The lowest BCUT2D eigenvalue weighted by atomic mass is 10.0. The molecule has 0 fully saturated rings. The highest BCUT2D eigenvalue weighted by molar-refractivity contribution is 6.33. The third-order valence-electron chi connectivity index (χ3n) is 5.19. The van der Waals surface area contributed by atoms with Gasteiger partial charge in [-0.3, -0.25) is 0 Å². The molecule has 0 aliphatic heterocycles. The molecule has 2 aromatic heterocycles. The number of carbonyl (C=O) groups excluding carboxylic acids is 1. The third-order valence-corrected chi connectivity index (χ3v) is 5.46. The van der Waals surface area contributed by atoms with Gasteiger partial charge < -0.3 is 15.4 Å². The normalized spacial score (nSPS) is 12.3. The van der Waals surface area contributed by atoms with Crippen LogP contribution in [0.25, 0.3) is 16.9 Å². The van der Waals surface area contributed by atoms with Crippen molar-refractivity contribution in [3.05, 3.63) is 40.8 Å². The number of rotatable bonds is 6. The Kier molecular flexibility index (Phi) is 8.35. The first-order valence-corrected chi connectivity index (χ1v) is 11.9. The number of anilines is 1. The van der Waals surface area contributed by atoms with Gasteiger partial charge in [-0.2, -0.15) is 19.6 Å². The molecule has 3 aromatic rings. The summed E-state index contributed by atoms with van der Waals surface area (Å²) in [6.07, 6.45) is 0.998. The van der Waals surface area contributed by atoms with Gasteiger partial charge in [-0.25, -0.2) is 13.6 Å². The number of nitrogens with zero attached hydrogens (tertiary/aromatic N) is 4. The van der Waals surface area contributed by atoms with Gasteiger partial charge in [0.05, 0.1) is 11.1 Å². The number of halogens is 3. The molecule has 36 heavy (non-hydrogen) atoms. The minimum atomic E-state index is -0.852. The van der Waals surface area contributed by atoms with Gasteiger partial charge in [0, 0.05) is 24.6 Å². The molecule has 8 nitrogen and oxygen atoms in total. The Balaban J connectivity index is 1.88. The molecule has 0 bridgehead atoms. The predicted octanol–water partition coefficient (Wildman–Crippen LogP) is 5.45. The maximum atomic E-state index is 15.3. The summed E-state index contributed by atoms with van der Waals surface area (Å²) in [4.78, 5) is 19.8. The van der Waals surface area contributed by atoms with E-state index in [0.29, 0.717) is 0 Å². The Morgan fingerprint density at radius 3 is 2.47 bits per heavy atom. The second-order valence-electron chi connectivity index (χ2n) is 9.57. The van der Waals surface area contributed by atoms with Crippen LogP contribution >= 0.6 is 11.6 Å². The lowest BCUT2D eigenvalue weighted by molar-refractivity contribution is 0.0529. The van der Waals surface area contributed by atoms with Gasteiger partial charge in [0.15, 0.2) is 0 Å². The van der Waals surface area contributed by atoms with Crippen molar-refractivity contribution in [2.75, 3.05) is 11.9 Å². The molecule has 1 unspecified atom stereocenters. The van der Waals surface area contributed by atoms with Crippen LogP contribution in [0.1, 0.15) is 53.5 Å². The average molecular weight is 519 g/mol. The molecule has 0 radical (unpaired) electrons. The van der Waals surface area contributed by atoms with Gasteiger partial charge in [0.2, 0.25) is 0 Å². The van der Waals surface area contributed by atoms with E-state index in [9.17, 15) is 4.79 Å². The third kappa shape index (κ3) is 6.61. The van der Waals surface area contributed by atoms with E-state index in [1.165, 1.54) is 10.8 Å². The zero-order chi connectivity index (χ0) is 26.6. The Morgan fingerprint density at radius 1 is 1.19 bits per heavy atom. The minimum Gasteiger partial charge on any atom is -0.444 e.